The summed E-state index contributed by atoms with van der Waals surface area (Å²) in [4.78, 5) is 6.77. The molecule has 1 aromatic heterocycles. The molecule has 92 valence electrons. The van der Waals surface area contributed by atoms with Gasteiger partial charge in [0.25, 0.3) is 0 Å². The number of anilines is 1. The summed E-state index contributed by atoms with van der Waals surface area (Å²) >= 11 is 0. The first-order chi connectivity index (χ1) is 8.24. The van der Waals surface area contributed by atoms with Crippen LogP contribution in [0.2, 0.25) is 0 Å². The van der Waals surface area contributed by atoms with Gasteiger partial charge in [0.15, 0.2) is 0 Å². The van der Waals surface area contributed by atoms with Gasteiger partial charge in [0.1, 0.15) is 5.82 Å². The van der Waals surface area contributed by atoms with Crippen LogP contribution in [0.3, 0.4) is 0 Å². The Bertz CT molecular complexity index is 364. The van der Waals surface area contributed by atoms with Crippen molar-refractivity contribution in [3.05, 3.63) is 36.2 Å². The molecule has 1 N–H and O–H groups in total. The van der Waals surface area contributed by atoms with Crippen molar-refractivity contribution in [2.45, 2.75) is 26.2 Å². The Morgan fingerprint density at radius 2 is 2.12 bits per heavy atom. The van der Waals surface area contributed by atoms with Gasteiger partial charge < -0.3 is 5.32 Å². The summed E-state index contributed by atoms with van der Waals surface area (Å²) in [5.41, 5.74) is 2.21. The first-order valence-corrected chi connectivity index (χ1v) is 6.34. The third-order valence-corrected chi connectivity index (χ3v) is 3.08. The molecule has 1 aliphatic heterocycles. The molecular weight excluding hydrogens is 210 g/mol. The van der Waals surface area contributed by atoms with Gasteiger partial charge in [-0.15, -0.1) is 0 Å². The van der Waals surface area contributed by atoms with Gasteiger partial charge in [-0.3, -0.25) is 4.90 Å². The van der Waals surface area contributed by atoms with E-state index in [2.05, 4.69) is 27.8 Å². The summed E-state index contributed by atoms with van der Waals surface area (Å²) in [5, 5.41) is 3.27. The fourth-order valence-corrected chi connectivity index (χ4v) is 2.15. The first-order valence-electron chi connectivity index (χ1n) is 6.34. The van der Waals surface area contributed by atoms with E-state index in [0.29, 0.717) is 0 Å². The van der Waals surface area contributed by atoms with Crippen molar-refractivity contribution < 1.29 is 0 Å². The fourth-order valence-electron chi connectivity index (χ4n) is 2.15. The number of pyridine rings is 1. The lowest BCUT2D eigenvalue weighted by atomic mass is 10.1. The lowest BCUT2D eigenvalue weighted by molar-refractivity contribution is 0.247. The van der Waals surface area contributed by atoms with E-state index in [0.717, 1.165) is 18.1 Å². The Balaban J connectivity index is 1.82. The Morgan fingerprint density at radius 1 is 1.35 bits per heavy atom. The second-order valence-electron chi connectivity index (χ2n) is 4.79. The van der Waals surface area contributed by atoms with Gasteiger partial charge in [-0.2, -0.15) is 0 Å². The van der Waals surface area contributed by atoms with Gasteiger partial charge in [0, 0.05) is 18.4 Å². The number of aromatic nitrogens is 1. The molecule has 3 nitrogen and oxygen atoms in total. The number of piperidine rings is 1. The second-order valence-corrected chi connectivity index (χ2v) is 4.79. The number of rotatable bonds is 4. The Labute approximate surface area is 104 Å². The van der Waals surface area contributed by atoms with E-state index >= 15 is 0 Å². The van der Waals surface area contributed by atoms with E-state index in [-0.39, 0.29) is 0 Å². The molecule has 0 radical (unpaired) electrons. The molecule has 2 rings (SSSR count). The summed E-state index contributed by atoms with van der Waals surface area (Å²) in [6, 6.07) is 4.06. The van der Waals surface area contributed by atoms with E-state index in [9.17, 15) is 0 Å². The van der Waals surface area contributed by atoms with Crippen molar-refractivity contribution >= 4 is 5.82 Å². The van der Waals surface area contributed by atoms with Crippen LogP contribution in [0, 0.1) is 6.92 Å². The third kappa shape index (κ3) is 3.86. The van der Waals surface area contributed by atoms with Gasteiger partial charge in [-0.1, -0.05) is 19.1 Å². The van der Waals surface area contributed by atoms with E-state index in [1.807, 2.05) is 19.2 Å². The van der Waals surface area contributed by atoms with Gasteiger partial charge in [-0.05, 0) is 44.5 Å². The number of aryl methyl sites for hydroxylation is 1. The zero-order valence-electron chi connectivity index (χ0n) is 10.6. The topological polar surface area (TPSA) is 28.2 Å². The van der Waals surface area contributed by atoms with Crippen LogP contribution < -0.4 is 5.32 Å². The zero-order chi connectivity index (χ0) is 12.1. The monoisotopic (exact) mass is 231 g/mol. The largest absolute Gasteiger partial charge is 0.343 e. The molecule has 0 spiro atoms. The summed E-state index contributed by atoms with van der Waals surface area (Å²) < 4.78 is 0. The van der Waals surface area contributed by atoms with Crippen molar-refractivity contribution in [2.24, 2.45) is 0 Å². The summed E-state index contributed by atoms with van der Waals surface area (Å²) in [7, 11) is 0. The van der Waals surface area contributed by atoms with Crippen molar-refractivity contribution in [3.63, 3.8) is 0 Å². The number of nitrogens with zero attached hydrogens (tertiary/aromatic N) is 2. The Hall–Kier alpha value is -1.35. The highest BCUT2D eigenvalue weighted by molar-refractivity contribution is 5.41. The average molecular weight is 231 g/mol. The van der Waals surface area contributed by atoms with Gasteiger partial charge in [-0.25, -0.2) is 4.98 Å². The molecule has 1 fully saturated rings. The van der Waals surface area contributed by atoms with Gasteiger partial charge in [0.2, 0.25) is 0 Å². The summed E-state index contributed by atoms with van der Waals surface area (Å²) in [5.74, 6) is 0.887. The van der Waals surface area contributed by atoms with Crippen molar-refractivity contribution in [3.8, 4) is 0 Å². The van der Waals surface area contributed by atoms with Crippen molar-refractivity contribution in [1.82, 2.24) is 9.88 Å². The predicted molar refractivity (Wildman–Crippen MR) is 72.0 cm³/mol. The van der Waals surface area contributed by atoms with E-state index in [1.165, 1.54) is 37.9 Å². The van der Waals surface area contributed by atoms with Crippen LogP contribution >= 0.6 is 0 Å². The molecule has 0 amide bonds. The van der Waals surface area contributed by atoms with Crippen LogP contribution in [-0.4, -0.2) is 29.5 Å². The number of likely N-dealkylation sites (tertiary alicyclic amines) is 1. The fraction of sp³-hybridized carbons (Fsp3) is 0.500. The molecule has 1 aromatic rings. The average Bonchev–Trinajstić information content (AvgIpc) is 2.33. The minimum Gasteiger partial charge on any atom is -0.343 e. The predicted octanol–water partition coefficient (Wildman–Crippen LogP) is 2.80. The second kappa shape index (κ2) is 5.82. The van der Waals surface area contributed by atoms with Crippen molar-refractivity contribution in [2.75, 3.05) is 25.0 Å². The number of hydrogen-bond donors (Lipinski definition) is 1. The van der Waals surface area contributed by atoms with Gasteiger partial charge in [0.05, 0.1) is 0 Å². The van der Waals surface area contributed by atoms with Crippen LogP contribution in [0.25, 0.3) is 0 Å². The van der Waals surface area contributed by atoms with E-state index in [1.54, 1.807) is 0 Å². The quantitative estimate of drug-likeness (QED) is 0.863. The van der Waals surface area contributed by atoms with Crippen LogP contribution in [0.4, 0.5) is 5.82 Å². The van der Waals surface area contributed by atoms with Crippen LogP contribution in [0.5, 0.6) is 0 Å². The number of nitrogens with one attached hydrogen (secondary N) is 1. The first kappa shape index (κ1) is 12.1. The molecule has 0 saturated carbocycles. The minimum atomic E-state index is 0.887. The molecule has 0 aliphatic carbocycles. The smallest absolute Gasteiger partial charge is 0.130 e. The maximum atomic E-state index is 4.32. The highest BCUT2D eigenvalue weighted by Gasteiger charge is 2.10. The standard InChI is InChI=1S/C14H21N3/c1-12-6-7-14(15-10-12)16-13(2)11-17-8-4-3-5-9-17/h6-7,10H,2-5,8-9,11H2,1H3,(H,15,16). The minimum absolute atomic E-state index is 0.887. The maximum Gasteiger partial charge on any atom is 0.130 e. The van der Waals surface area contributed by atoms with Crippen LogP contribution in [0.15, 0.2) is 30.6 Å². The lowest BCUT2D eigenvalue weighted by Crippen LogP contribution is -2.32. The van der Waals surface area contributed by atoms with Crippen LogP contribution in [-0.2, 0) is 0 Å². The molecule has 0 atom stereocenters. The molecular formula is C14H21N3. The normalized spacial score (nSPS) is 16.8. The number of hydrogen-bond acceptors (Lipinski definition) is 3. The summed E-state index contributed by atoms with van der Waals surface area (Å²) in [6.45, 7) is 9.43. The molecule has 1 saturated heterocycles. The molecule has 1 aliphatic rings. The van der Waals surface area contributed by atoms with Gasteiger partial charge >= 0.3 is 0 Å². The summed E-state index contributed by atoms with van der Waals surface area (Å²) in [6.07, 6.45) is 5.87. The van der Waals surface area contributed by atoms with E-state index in [4.69, 9.17) is 0 Å². The Kier molecular flexibility index (Phi) is 4.15. The van der Waals surface area contributed by atoms with Crippen molar-refractivity contribution in [1.29, 1.82) is 0 Å². The molecule has 3 heteroatoms. The molecule has 0 unspecified atom stereocenters. The molecule has 0 aromatic carbocycles. The maximum absolute atomic E-state index is 4.32. The SMILES string of the molecule is C=C(CN1CCCCC1)Nc1ccc(C)cn1. The molecule has 0 bridgehead atoms. The molecule has 17 heavy (non-hydrogen) atoms. The van der Waals surface area contributed by atoms with E-state index < -0.39 is 0 Å². The Morgan fingerprint density at radius 3 is 2.76 bits per heavy atom. The molecule has 2 heterocycles. The highest BCUT2D eigenvalue weighted by Crippen LogP contribution is 2.12. The highest BCUT2D eigenvalue weighted by atomic mass is 15.1. The third-order valence-electron chi connectivity index (χ3n) is 3.08. The van der Waals surface area contributed by atoms with Crippen LogP contribution in [0.1, 0.15) is 24.8 Å². The lowest BCUT2D eigenvalue weighted by Gasteiger charge is -2.27. The zero-order valence-corrected chi connectivity index (χ0v) is 10.6.